The Morgan fingerprint density at radius 2 is 1.78 bits per heavy atom. The van der Waals surface area contributed by atoms with Crippen molar-refractivity contribution in [3.05, 3.63) is 29.8 Å². The molecule has 1 aromatic carbocycles. The number of anilines is 1. The van der Waals surface area contributed by atoms with Crippen LogP contribution in [0.25, 0.3) is 0 Å². The molecule has 0 spiro atoms. The number of amides is 1. The third-order valence-electron chi connectivity index (χ3n) is 2.72. The highest BCUT2D eigenvalue weighted by Gasteiger charge is 2.05. The highest BCUT2D eigenvalue weighted by molar-refractivity contribution is 5.90. The molecule has 0 aliphatic carbocycles. The normalized spacial score (nSPS) is 12.5. The van der Waals surface area contributed by atoms with Gasteiger partial charge in [0.2, 0.25) is 5.91 Å². The van der Waals surface area contributed by atoms with Gasteiger partial charge in [0.05, 0.1) is 0 Å². The number of carbonyl (C=O) groups is 1. The van der Waals surface area contributed by atoms with Gasteiger partial charge in [-0.15, -0.1) is 0 Å². The summed E-state index contributed by atoms with van der Waals surface area (Å²) in [5.41, 5.74) is 2.15. The Balaban J connectivity index is 2.52. The first-order chi connectivity index (χ1) is 8.51. The SMILES string of the molecule is CCC(=O)Nc1ccc(CC(C)NC(C)C)cc1. The quantitative estimate of drug-likeness (QED) is 0.812. The molecule has 0 bridgehead atoms. The van der Waals surface area contributed by atoms with E-state index in [1.165, 1.54) is 5.56 Å². The molecule has 0 aromatic heterocycles. The average molecular weight is 248 g/mol. The van der Waals surface area contributed by atoms with Gasteiger partial charge in [-0.25, -0.2) is 0 Å². The molecule has 0 aliphatic rings. The summed E-state index contributed by atoms with van der Waals surface area (Å²) in [5.74, 6) is 0.0533. The summed E-state index contributed by atoms with van der Waals surface area (Å²) in [7, 11) is 0. The van der Waals surface area contributed by atoms with E-state index in [2.05, 4.69) is 43.5 Å². The molecular weight excluding hydrogens is 224 g/mol. The second kappa shape index (κ2) is 7.17. The van der Waals surface area contributed by atoms with Gasteiger partial charge in [0, 0.05) is 24.2 Å². The van der Waals surface area contributed by atoms with Gasteiger partial charge < -0.3 is 10.6 Å². The fourth-order valence-electron chi connectivity index (χ4n) is 1.96. The number of carbonyl (C=O) groups excluding carboxylic acids is 1. The van der Waals surface area contributed by atoms with E-state index >= 15 is 0 Å². The van der Waals surface area contributed by atoms with Crippen molar-refractivity contribution in [3.8, 4) is 0 Å². The smallest absolute Gasteiger partial charge is 0.224 e. The lowest BCUT2D eigenvalue weighted by Gasteiger charge is -2.17. The van der Waals surface area contributed by atoms with E-state index in [-0.39, 0.29) is 5.91 Å². The van der Waals surface area contributed by atoms with Crippen molar-refractivity contribution in [2.24, 2.45) is 0 Å². The molecule has 1 atom stereocenters. The van der Waals surface area contributed by atoms with Crippen molar-refractivity contribution < 1.29 is 4.79 Å². The molecule has 0 heterocycles. The Labute approximate surface area is 110 Å². The second-order valence-corrected chi connectivity index (χ2v) is 5.03. The second-order valence-electron chi connectivity index (χ2n) is 5.03. The summed E-state index contributed by atoms with van der Waals surface area (Å²) in [6.45, 7) is 8.34. The molecular formula is C15H24N2O. The summed E-state index contributed by atoms with van der Waals surface area (Å²) in [6, 6.07) is 9.04. The van der Waals surface area contributed by atoms with Crippen LogP contribution >= 0.6 is 0 Å². The van der Waals surface area contributed by atoms with Crippen LogP contribution in [0.15, 0.2) is 24.3 Å². The highest BCUT2D eigenvalue weighted by Crippen LogP contribution is 2.11. The topological polar surface area (TPSA) is 41.1 Å². The molecule has 18 heavy (non-hydrogen) atoms. The van der Waals surface area contributed by atoms with Crippen LogP contribution in [-0.4, -0.2) is 18.0 Å². The Morgan fingerprint density at radius 1 is 1.17 bits per heavy atom. The summed E-state index contributed by atoms with van der Waals surface area (Å²) < 4.78 is 0. The van der Waals surface area contributed by atoms with Crippen LogP contribution in [0.1, 0.15) is 39.7 Å². The molecule has 3 nitrogen and oxygen atoms in total. The van der Waals surface area contributed by atoms with Crippen LogP contribution in [0.2, 0.25) is 0 Å². The summed E-state index contributed by atoms with van der Waals surface area (Å²) in [6.07, 6.45) is 1.51. The summed E-state index contributed by atoms with van der Waals surface area (Å²) >= 11 is 0. The molecule has 1 amide bonds. The molecule has 3 heteroatoms. The highest BCUT2D eigenvalue weighted by atomic mass is 16.1. The van der Waals surface area contributed by atoms with Crippen LogP contribution < -0.4 is 10.6 Å². The minimum atomic E-state index is 0.0533. The van der Waals surface area contributed by atoms with E-state index in [9.17, 15) is 4.79 Å². The van der Waals surface area contributed by atoms with Crippen molar-refractivity contribution >= 4 is 11.6 Å². The van der Waals surface area contributed by atoms with Crippen molar-refractivity contribution in [3.63, 3.8) is 0 Å². The predicted molar refractivity (Wildman–Crippen MR) is 76.8 cm³/mol. The largest absolute Gasteiger partial charge is 0.326 e. The first-order valence-electron chi connectivity index (χ1n) is 6.66. The number of benzene rings is 1. The van der Waals surface area contributed by atoms with Crippen LogP contribution in [0, 0.1) is 0 Å². The summed E-state index contributed by atoms with van der Waals surface area (Å²) in [5, 5.41) is 6.33. The maximum absolute atomic E-state index is 11.2. The van der Waals surface area contributed by atoms with E-state index in [0.29, 0.717) is 18.5 Å². The van der Waals surface area contributed by atoms with Gasteiger partial charge in [0.25, 0.3) is 0 Å². The lowest BCUT2D eigenvalue weighted by Crippen LogP contribution is -2.33. The number of hydrogen-bond acceptors (Lipinski definition) is 2. The molecule has 1 rings (SSSR count). The van der Waals surface area contributed by atoms with Gasteiger partial charge in [-0.3, -0.25) is 4.79 Å². The van der Waals surface area contributed by atoms with Gasteiger partial charge in [0.1, 0.15) is 0 Å². The van der Waals surface area contributed by atoms with Crippen LogP contribution in [-0.2, 0) is 11.2 Å². The molecule has 0 aliphatic heterocycles. The van der Waals surface area contributed by atoms with Gasteiger partial charge in [0.15, 0.2) is 0 Å². The third kappa shape index (κ3) is 5.32. The van der Waals surface area contributed by atoms with Gasteiger partial charge >= 0.3 is 0 Å². The van der Waals surface area contributed by atoms with Crippen molar-refractivity contribution in [2.75, 3.05) is 5.32 Å². The maximum atomic E-state index is 11.2. The molecule has 0 fully saturated rings. The van der Waals surface area contributed by atoms with Crippen molar-refractivity contribution in [2.45, 2.75) is 52.6 Å². The molecule has 100 valence electrons. The van der Waals surface area contributed by atoms with E-state index in [1.54, 1.807) is 0 Å². The molecule has 1 aromatic rings. The zero-order chi connectivity index (χ0) is 13.5. The van der Waals surface area contributed by atoms with E-state index in [0.717, 1.165) is 12.1 Å². The Hall–Kier alpha value is -1.35. The van der Waals surface area contributed by atoms with Gasteiger partial charge in [-0.05, 0) is 31.0 Å². The third-order valence-corrected chi connectivity index (χ3v) is 2.72. The Kier molecular flexibility index (Phi) is 5.86. The monoisotopic (exact) mass is 248 g/mol. The van der Waals surface area contributed by atoms with Gasteiger partial charge in [-0.2, -0.15) is 0 Å². The molecule has 1 unspecified atom stereocenters. The van der Waals surface area contributed by atoms with Crippen LogP contribution in [0.5, 0.6) is 0 Å². The zero-order valence-electron chi connectivity index (χ0n) is 11.8. The first kappa shape index (κ1) is 14.7. The number of hydrogen-bond donors (Lipinski definition) is 2. The lowest BCUT2D eigenvalue weighted by molar-refractivity contribution is -0.115. The van der Waals surface area contributed by atoms with Crippen molar-refractivity contribution in [1.82, 2.24) is 5.32 Å². The molecule has 2 N–H and O–H groups in total. The molecule has 0 radical (unpaired) electrons. The lowest BCUT2D eigenvalue weighted by atomic mass is 10.1. The van der Waals surface area contributed by atoms with Crippen LogP contribution in [0.3, 0.4) is 0 Å². The predicted octanol–water partition coefficient (Wildman–Crippen LogP) is 2.96. The average Bonchev–Trinajstić information content (AvgIpc) is 2.30. The Bertz CT molecular complexity index is 371. The fraction of sp³-hybridized carbons (Fsp3) is 0.533. The number of nitrogens with one attached hydrogen (secondary N) is 2. The fourth-order valence-corrected chi connectivity index (χ4v) is 1.96. The standard InChI is InChI=1S/C15H24N2O/c1-5-15(18)17-14-8-6-13(7-9-14)10-12(4)16-11(2)3/h6-9,11-12,16H,5,10H2,1-4H3,(H,17,18). The number of rotatable bonds is 6. The zero-order valence-corrected chi connectivity index (χ0v) is 11.8. The first-order valence-corrected chi connectivity index (χ1v) is 6.66. The molecule has 0 saturated carbocycles. The maximum Gasteiger partial charge on any atom is 0.224 e. The van der Waals surface area contributed by atoms with Gasteiger partial charge in [-0.1, -0.05) is 32.9 Å². The van der Waals surface area contributed by atoms with E-state index in [4.69, 9.17) is 0 Å². The summed E-state index contributed by atoms with van der Waals surface area (Å²) in [4.78, 5) is 11.2. The minimum absolute atomic E-state index is 0.0533. The minimum Gasteiger partial charge on any atom is -0.326 e. The van der Waals surface area contributed by atoms with E-state index in [1.807, 2.05) is 19.1 Å². The van der Waals surface area contributed by atoms with Crippen LogP contribution in [0.4, 0.5) is 5.69 Å². The van der Waals surface area contributed by atoms with E-state index < -0.39 is 0 Å². The van der Waals surface area contributed by atoms with Crippen molar-refractivity contribution in [1.29, 1.82) is 0 Å². The Morgan fingerprint density at radius 3 is 2.28 bits per heavy atom. The molecule has 0 saturated heterocycles.